The van der Waals surface area contributed by atoms with Crippen LogP contribution >= 0.6 is 11.6 Å². The second kappa shape index (κ2) is 7.71. The molecule has 0 aliphatic carbocycles. The van der Waals surface area contributed by atoms with Crippen molar-refractivity contribution in [3.05, 3.63) is 46.1 Å². The largest absolute Gasteiger partial charge is 0.462 e. The molecular weight excluding hydrogens is 328 g/mol. The van der Waals surface area contributed by atoms with Gasteiger partial charge in [0.25, 0.3) is 0 Å². The van der Waals surface area contributed by atoms with Gasteiger partial charge in [0.05, 0.1) is 18.2 Å². The first-order valence-corrected chi connectivity index (χ1v) is 8.36. The molecule has 2 rings (SSSR count). The van der Waals surface area contributed by atoms with E-state index in [9.17, 15) is 9.59 Å². The van der Waals surface area contributed by atoms with Crippen molar-refractivity contribution in [3.63, 3.8) is 0 Å². The number of allylic oxidation sites excluding steroid dienone is 1. The molecule has 1 aromatic rings. The molecule has 1 aliphatic heterocycles. The fourth-order valence-electron chi connectivity index (χ4n) is 2.47. The van der Waals surface area contributed by atoms with Crippen LogP contribution in [0, 0.1) is 5.92 Å². The number of amides is 2. The van der Waals surface area contributed by atoms with Crippen LogP contribution in [0.25, 0.3) is 0 Å². The molecule has 0 saturated carbocycles. The third-order valence-electron chi connectivity index (χ3n) is 4.11. The fourth-order valence-corrected chi connectivity index (χ4v) is 2.60. The van der Waals surface area contributed by atoms with Crippen molar-refractivity contribution < 1.29 is 14.3 Å². The van der Waals surface area contributed by atoms with Crippen LogP contribution in [-0.2, 0) is 9.53 Å². The van der Waals surface area contributed by atoms with Crippen molar-refractivity contribution in [3.8, 4) is 0 Å². The first-order valence-electron chi connectivity index (χ1n) is 7.98. The highest BCUT2D eigenvalue weighted by atomic mass is 35.5. The Morgan fingerprint density at radius 3 is 2.54 bits per heavy atom. The van der Waals surface area contributed by atoms with Gasteiger partial charge in [0.1, 0.15) is 0 Å². The number of rotatable bonds is 5. The smallest absolute Gasteiger partial charge is 0.338 e. The van der Waals surface area contributed by atoms with Gasteiger partial charge < -0.3 is 15.0 Å². The number of carbonyl (C=O) groups is 2. The molecule has 2 amide bonds. The second-order valence-electron chi connectivity index (χ2n) is 6.31. The molecule has 0 fully saturated rings. The minimum Gasteiger partial charge on any atom is -0.462 e. The zero-order valence-corrected chi connectivity index (χ0v) is 15.2. The molecule has 130 valence electrons. The number of nitrogens with one attached hydrogen (secondary N) is 1. The predicted molar refractivity (Wildman–Crippen MR) is 93.6 cm³/mol. The molecule has 0 radical (unpaired) electrons. The Hall–Kier alpha value is -2.01. The monoisotopic (exact) mass is 350 g/mol. The Balaban J connectivity index is 2.31. The number of nitrogens with zero attached hydrogens (tertiary/aromatic N) is 1. The summed E-state index contributed by atoms with van der Waals surface area (Å²) in [6.07, 6.45) is 0.797. The molecule has 1 N–H and O–H groups in total. The van der Waals surface area contributed by atoms with Gasteiger partial charge in [-0.1, -0.05) is 37.6 Å². The van der Waals surface area contributed by atoms with E-state index < -0.39 is 12.0 Å². The number of hydrogen-bond acceptors (Lipinski definition) is 3. The summed E-state index contributed by atoms with van der Waals surface area (Å²) in [7, 11) is 1.63. The number of benzene rings is 1. The van der Waals surface area contributed by atoms with Crippen LogP contribution in [-0.4, -0.2) is 30.6 Å². The molecule has 0 aromatic heterocycles. The third-order valence-corrected chi connectivity index (χ3v) is 4.36. The van der Waals surface area contributed by atoms with Crippen molar-refractivity contribution in [2.24, 2.45) is 5.92 Å². The number of esters is 1. The van der Waals surface area contributed by atoms with Gasteiger partial charge in [-0.2, -0.15) is 0 Å². The van der Waals surface area contributed by atoms with Gasteiger partial charge in [0, 0.05) is 17.8 Å². The van der Waals surface area contributed by atoms with Crippen molar-refractivity contribution in [2.45, 2.75) is 33.2 Å². The van der Waals surface area contributed by atoms with Crippen LogP contribution in [0.1, 0.15) is 38.8 Å². The van der Waals surface area contributed by atoms with Crippen LogP contribution in [0.3, 0.4) is 0 Å². The van der Waals surface area contributed by atoms with Gasteiger partial charge in [0.15, 0.2) is 0 Å². The highest BCUT2D eigenvalue weighted by molar-refractivity contribution is 6.30. The molecule has 1 aliphatic rings. The lowest BCUT2D eigenvalue weighted by Crippen LogP contribution is -2.46. The Bertz CT molecular complexity index is 653. The molecule has 0 unspecified atom stereocenters. The molecule has 1 aromatic carbocycles. The number of carbonyl (C=O) groups excluding carboxylic acids is 2. The van der Waals surface area contributed by atoms with Crippen LogP contribution in [0.2, 0.25) is 5.02 Å². The number of urea groups is 1. The highest BCUT2D eigenvalue weighted by Gasteiger charge is 2.34. The summed E-state index contributed by atoms with van der Waals surface area (Å²) < 4.78 is 5.42. The maximum atomic E-state index is 12.6. The quantitative estimate of drug-likeness (QED) is 0.819. The fraction of sp³-hybridized carbons (Fsp3) is 0.444. The Kier molecular flexibility index (Phi) is 5.89. The molecular formula is C18H23ClN2O3. The summed E-state index contributed by atoms with van der Waals surface area (Å²) in [5.41, 5.74) is 1.83. The van der Waals surface area contributed by atoms with Gasteiger partial charge in [0.2, 0.25) is 0 Å². The average Bonchev–Trinajstić information content (AvgIpc) is 2.52. The maximum absolute atomic E-state index is 12.6. The zero-order chi connectivity index (χ0) is 17.9. The van der Waals surface area contributed by atoms with Crippen LogP contribution in [0.15, 0.2) is 35.5 Å². The average molecular weight is 351 g/mol. The Morgan fingerprint density at radius 1 is 1.33 bits per heavy atom. The number of ether oxygens (including phenoxy) is 1. The van der Waals surface area contributed by atoms with Crippen LogP contribution in [0.4, 0.5) is 4.79 Å². The van der Waals surface area contributed by atoms with Gasteiger partial charge in [-0.25, -0.2) is 9.59 Å². The molecule has 24 heavy (non-hydrogen) atoms. The van der Waals surface area contributed by atoms with E-state index in [-0.39, 0.29) is 6.03 Å². The number of halogens is 1. The summed E-state index contributed by atoms with van der Waals surface area (Å²) in [6.45, 7) is 6.26. The van der Waals surface area contributed by atoms with E-state index in [0.29, 0.717) is 28.8 Å². The Morgan fingerprint density at radius 2 is 1.96 bits per heavy atom. The van der Waals surface area contributed by atoms with Crippen molar-refractivity contribution >= 4 is 23.6 Å². The van der Waals surface area contributed by atoms with E-state index in [1.54, 1.807) is 38.2 Å². The lowest BCUT2D eigenvalue weighted by molar-refractivity contribution is -0.140. The highest BCUT2D eigenvalue weighted by Crippen LogP contribution is 2.31. The SMILES string of the molecule is CC1=C(C(=O)OCCC(C)C)[C@H](c2ccc(Cl)cc2)NC(=O)N1C. The summed E-state index contributed by atoms with van der Waals surface area (Å²) >= 11 is 5.93. The summed E-state index contributed by atoms with van der Waals surface area (Å²) in [4.78, 5) is 26.2. The third kappa shape index (κ3) is 4.09. The first-order chi connectivity index (χ1) is 11.3. The standard InChI is InChI=1S/C18H23ClN2O3/c1-11(2)9-10-24-17(22)15-12(3)21(4)18(23)20-16(15)13-5-7-14(19)8-6-13/h5-8,11,16H,9-10H2,1-4H3,(H,20,23)/t16-/m0/s1. The van der Waals surface area contributed by atoms with E-state index in [0.717, 1.165) is 12.0 Å². The Labute approximate surface area is 147 Å². The van der Waals surface area contributed by atoms with Gasteiger partial charge in [-0.3, -0.25) is 0 Å². The molecule has 1 atom stereocenters. The van der Waals surface area contributed by atoms with Crippen molar-refractivity contribution in [1.82, 2.24) is 10.2 Å². The molecule has 6 heteroatoms. The molecule has 1 heterocycles. The summed E-state index contributed by atoms with van der Waals surface area (Å²) in [5.74, 6) is 0.0496. The summed E-state index contributed by atoms with van der Waals surface area (Å²) in [5, 5.41) is 3.44. The topological polar surface area (TPSA) is 58.6 Å². The lowest BCUT2D eigenvalue weighted by atomic mass is 9.95. The van der Waals surface area contributed by atoms with E-state index in [4.69, 9.17) is 16.3 Å². The van der Waals surface area contributed by atoms with Crippen LogP contribution < -0.4 is 5.32 Å². The maximum Gasteiger partial charge on any atom is 0.338 e. The van der Waals surface area contributed by atoms with E-state index in [1.165, 1.54) is 4.90 Å². The van der Waals surface area contributed by atoms with Crippen molar-refractivity contribution in [1.29, 1.82) is 0 Å². The van der Waals surface area contributed by atoms with E-state index in [1.807, 2.05) is 0 Å². The molecule has 5 nitrogen and oxygen atoms in total. The first kappa shape index (κ1) is 18.3. The number of hydrogen-bond donors (Lipinski definition) is 1. The van der Waals surface area contributed by atoms with Crippen molar-refractivity contribution in [2.75, 3.05) is 13.7 Å². The van der Waals surface area contributed by atoms with Crippen LogP contribution in [0.5, 0.6) is 0 Å². The van der Waals surface area contributed by atoms with Gasteiger partial charge in [-0.05, 0) is 37.0 Å². The molecule has 0 spiro atoms. The molecule has 0 saturated heterocycles. The minimum absolute atomic E-state index is 0.258. The van der Waals surface area contributed by atoms with Gasteiger partial charge >= 0.3 is 12.0 Å². The predicted octanol–water partition coefficient (Wildman–Crippen LogP) is 3.90. The second-order valence-corrected chi connectivity index (χ2v) is 6.75. The molecule has 0 bridgehead atoms. The lowest BCUT2D eigenvalue weighted by Gasteiger charge is -2.33. The van der Waals surface area contributed by atoms with E-state index >= 15 is 0 Å². The normalized spacial score (nSPS) is 18.0. The van der Waals surface area contributed by atoms with Gasteiger partial charge in [-0.15, -0.1) is 0 Å². The zero-order valence-electron chi connectivity index (χ0n) is 14.4. The van der Waals surface area contributed by atoms with E-state index in [2.05, 4.69) is 19.2 Å². The minimum atomic E-state index is -0.544. The summed E-state index contributed by atoms with van der Waals surface area (Å²) in [6, 6.07) is 6.26.